The molecule has 0 bridgehead atoms. The summed E-state index contributed by atoms with van der Waals surface area (Å²) in [6.07, 6.45) is 6.16. The molecule has 0 radical (unpaired) electrons. The monoisotopic (exact) mass is 490 g/mol. The maximum absolute atomic E-state index is 5.18. The number of aliphatic imine (C=N–C) groups is 2. The minimum Gasteiger partial charge on any atom is -0.741 e. The first-order valence-corrected chi connectivity index (χ1v) is 10.5. The van der Waals surface area contributed by atoms with Crippen molar-refractivity contribution >= 4 is 58.1 Å². The molecule has 1 atom stereocenters. The van der Waals surface area contributed by atoms with Crippen molar-refractivity contribution in [3.8, 4) is 0 Å². The van der Waals surface area contributed by atoms with Crippen LogP contribution in [0.4, 0.5) is 0 Å². The van der Waals surface area contributed by atoms with Crippen molar-refractivity contribution in [2.45, 2.75) is 25.9 Å². The van der Waals surface area contributed by atoms with Gasteiger partial charge in [-0.15, -0.1) is 0 Å². The molecule has 29 heavy (non-hydrogen) atoms. The van der Waals surface area contributed by atoms with Crippen LogP contribution in [-0.2, 0) is 34.4 Å². The Morgan fingerprint density at radius 3 is 2.48 bits per heavy atom. The summed E-state index contributed by atoms with van der Waals surface area (Å²) in [4.78, 5) is 8.05. The Labute approximate surface area is 193 Å². The van der Waals surface area contributed by atoms with E-state index in [2.05, 4.69) is 53.5 Å². The van der Waals surface area contributed by atoms with Gasteiger partial charge in [-0.2, -0.15) is 19.4 Å². The summed E-state index contributed by atoms with van der Waals surface area (Å²) in [5.74, 6) is 0. The molecule has 12 heteroatoms. The molecule has 0 aromatic heterocycles. The van der Waals surface area contributed by atoms with E-state index in [4.69, 9.17) is 17.4 Å². The number of nitrogens with one attached hydrogen (secondary N) is 2. The molecule has 166 valence electrons. The molecule has 0 amide bonds. The molecular formula is C17H31CuN8OS2+2. The zero-order valence-corrected chi connectivity index (χ0v) is 20.6. The number of thioether (sulfide) groups is 1. The van der Waals surface area contributed by atoms with Gasteiger partial charge in [0.25, 0.3) is 5.71 Å². The average Bonchev–Trinajstić information content (AvgIpc) is 2.97. The Kier molecular flexibility index (Phi) is 13.9. The van der Waals surface area contributed by atoms with E-state index in [1.54, 1.807) is 21.2 Å². The molecular weight excluding hydrogens is 460 g/mol. The van der Waals surface area contributed by atoms with Crippen LogP contribution >= 0.6 is 11.8 Å². The van der Waals surface area contributed by atoms with Crippen LogP contribution in [0.5, 0.6) is 0 Å². The molecule has 0 aromatic rings. The van der Waals surface area contributed by atoms with E-state index < -0.39 is 0 Å². The molecule has 0 aliphatic carbocycles. The van der Waals surface area contributed by atoms with Gasteiger partial charge < -0.3 is 17.4 Å². The Hall–Kier alpha value is -1.33. The van der Waals surface area contributed by atoms with Crippen molar-refractivity contribution in [1.29, 1.82) is 0 Å². The van der Waals surface area contributed by atoms with Crippen LogP contribution in [0.2, 0.25) is 0 Å². The number of methoxy groups -OCH3 is 1. The molecule has 0 aromatic carbocycles. The van der Waals surface area contributed by atoms with Gasteiger partial charge in [-0.3, -0.25) is 20.8 Å². The Bertz CT molecular complexity index is 731. The second-order valence-electron chi connectivity index (χ2n) is 6.05. The van der Waals surface area contributed by atoms with Gasteiger partial charge in [0.2, 0.25) is 6.21 Å². The van der Waals surface area contributed by atoms with Crippen molar-refractivity contribution < 1.29 is 31.0 Å². The van der Waals surface area contributed by atoms with Gasteiger partial charge in [0.05, 0.1) is 12.1 Å². The van der Waals surface area contributed by atoms with E-state index in [9.17, 15) is 0 Å². The molecule has 9 nitrogen and oxygen atoms in total. The molecule has 0 saturated heterocycles. The van der Waals surface area contributed by atoms with E-state index >= 15 is 0 Å². The summed E-state index contributed by atoms with van der Waals surface area (Å²) in [5.41, 5.74) is 8.10. The fourth-order valence-corrected chi connectivity index (χ4v) is 3.05. The van der Waals surface area contributed by atoms with Crippen LogP contribution in [-0.4, -0.2) is 97.2 Å². The first kappa shape index (κ1) is 27.7. The summed E-state index contributed by atoms with van der Waals surface area (Å²) >= 11 is 6.59. The Morgan fingerprint density at radius 1 is 1.24 bits per heavy atom. The Balaban J connectivity index is 0.00000784. The second-order valence-corrected chi connectivity index (χ2v) is 7.23. The number of hydrazone groups is 2. The molecule has 1 aliphatic rings. The molecule has 0 spiro atoms. The number of hydrogen-bond donors (Lipinski definition) is 2. The Morgan fingerprint density at radius 2 is 1.93 bits per heavy atom. The molecule has 1 aliphatic heterocycles. The predicted molar refractivity (Wildman–Crippen MR) is 123 cm³/mol. The number of hydrogen-bond acceptors (Lipinski definition) is 7. The van der Waals surface area contributed by atoms with Crippen molar-refractivity contribution in [3.63, 3.8) is 0 Å². The zero-order chi connectivity index (χ0) is 21.1. The molecule has 0 saturated carbocycles. The second kappa shape index (κ2) is 14.6. The predicted octanol–water partition coefficient (Wildman–Crippen LogP) is 0.339. The fraction of sp³-hybridized carbons (Fsp3) is 0.647. The molecule has 1 rings (SSSR count). The van der Waals surface area contributed by atoms with Gasteiger partial charge in [-0.25, -0.2) is 0 Å². The first-order chi connectivity index (χ1) is 13.4. The van der Waals surface area contributed by atoms with Gasteiger partial charge in [0.1, 0.15) is 14.1 Å². The largest absolute Gasteiger partial charge is 1.00 e. The summed E-state index contributed by atoms with van der Waals surface area (Å²) in [5, 5.41) is 9.94. The summed E-state index contributed by atoms with van der Waals surface area (Å²) in [6.45, 7) is 2.63. The van der Waals surface area contributed by atoms with Crippen molar-refractivity contribution in [2.24, 2.45) is 20.2 Å². The minimum absolute atomic E-state index is 0. The van der Waals surface area contributed by atoms with E-state index in [0.717, 1.165) is 25.2 Å². The maximum Gasteiger partial charge on any atom is 1.00 e. The molecule has 1 unspecified atom stereocenters. The quantitative estimate of drug-likeness (QED) is 0.0974. The third-order valence-corrected chi connectivity index (χ3v) is 5.14. The molecule has 2 N–H and O–H groups in total. The number of nitrogens with zero attached hydrogens (tertiary/aromatic N) is 6. The topological polar surface area (TPSA) is 88.7 Å². The van der Waals surface area contributed by atoms with Gasteiger partial charge >= 0.3 is 23.2 Å². The maximum atomic E-state index is 5.18. The number of amidine groups is 2. The van der Waals surface area contributed by atoms with E-state index in [-0.39, 0.29) is 23.2 Å². The SMILES string of the molecule is CN=C([S-])N/N=C(C1=[N+](C)C(CCCOC)[N+](C)=C1)/C(C)=N/NC(=NC)SC.[Cu+]. The standard InChI is InChI=1S/C17H30N8OS2.Cu/c1-12(20-23-17(19-3)28-7)15(21-22-16(27)18-2)13-11-24(4)14(25(13)5)9-8-10-26-6;/h11,14H,8-10H2,1-7H3,(H,18,27);/q;+1/p+1. The van der Waals surface area contributed by atoms with Gasteiger partial charge in [-0.05, 0) is 24.8 Å². The molecule has 0 fully saturated rings. The van der Waals surface area contributed by atoms with Gasteiger partial charge in [-0.1, -0.05) is 11.8 Å². The fourth-order valence-electron chi connectivity index (χ4n) is 2.69. The van der Waals surface area contributed by atoms with Gasteiger partial charge in [0, 0.05) is 27.8 Å². The van der Waals surface area contributed by atoms with Crippen LogP contribution in [0.1, 0.15) is 19.8 Å². The summed E-state index contributed by atoms with van der Waals surface area (Å²) in [6, 6.07) is 0. The normalized spacial score (nSPS) is 18.6. The van der Waals surface area contributed by atoms with Gasteiger partial charge in [0.15, 0.2) is 10.9 Å². The van der Waals surface area contributed by atoms with Crippen LogP contribution in [0.25, 0.3) is 0 Å². The zero-order valence-electron chi connectivity index (χ0n) is 18.0. The van der Waals surface area contributed by atoms with Crippen LogP contribution in [0, 0.1) is 0 Å². The third-order valence-electron chi connectivity index (χ3n) is 4.20. The van der Waals surface area contributed by atoms with Crippen LogP contribution in [0.3, 0.4) is 0 Å². The first-order valence-electron chi connectivity index (χ1n) is 8.84. The smallest absolute Gasteiger partial charge is 0.741 e. The van der Waals surface area contributed by atoms with Crippen molar-refractivity contribution in [1.82, 2.24) is 10.9 Å². The van der Waals surface area contributed by atoms with Crippen molar-refractivity contribution in [2.75, 3.05) is 48.2 Å². The third kappa shape index (κ3) is 8.51. The van der Waals surface area contributed by atoms with Crippen LogP contribution in [0.15, 0.2) is 20.2 Å². The van der Waals surface area contributed by atoms with E-state index in [1.807, 2.05) is 20.2 Å². The number of rotatable bonds is 8. The van der Waals surface area contributed by atoms with Crippen molar-refractivity contribution in [3.05, 3.63) is 0 Å². The number of ether oxygens (including phenoxy) is 1. The van der Waals surface area contributed by atoms with E-state index in [1.165, 1.54) is 11.8 Å². The minimum atomic E-state index is 0. The van der Waals surface area contributed by atoms with E-state index in [0.29, 0.717) is 21.8 Å². The molecule has 1 heterocycles. The summed E-state index contributed by atoms with van der Waals surface area (Å²) in [7, 11) is 9.16. The average molecular weight is 491 g/mol. The van der Waals surface area contributed by atoms with Crippen LogP contribution < -0.4 is 10.9 Å². The summed E-state index contributed by atoms with van der Waals surface area (Å²) < 4.78 is 9.54.